The third-order valence-electron chi connectivity index (χ3n) is 13.3. The first-order valence-corrected chi connectivity index (χ1v) is 21.1. The highest BCUT2D eigenvalue weighted by Gasteiger charge is 2.56. The summed E-state index contributed by atoms with van der Waals surface area (Å²) in [5, 5.41) is 34.1. The summed E-state index contributed by atoms with van der Waals surface area (Å²) in [6.07, 6.45) is 2.91. The van der Waals surface area contributed by atoms with Crippen molar-refractivity contribution in [2.24, 2.45) is 35.5 Å². The number of amides is 1. The van der Waals surface area contributed by atoms with Crippen molar-refractivity contribution in [3.63, 3.8) is 0 Å². The van der Waals surface area contributed by atoms with Crippen LogP contribution in [0.15, 0.2) is 11.6 Å². The van der Waals surface area contributed by atoms with Gasteiger partial charge in [-0.25, -0.2) is 4.79 Å². The van der Waals surface area contributed by atoms with Gasteiger partial charge in [-0.15, -0.1) is 0 Å². The second kappa shape index (κ2) is 20.6. The Morgan fingerprint density at radius 2 is 1.54 bits per heavy atom. The van der Waals surface area contributed by atoms with Crippen LogP contribution in [0.4, 0.5) is 0 Å². The van der Waals surface area contributed by atoms with Crippen LogP contribution in [0.1, 0.15) is 119 Å². The molecule has 0 aromatic carbocycles. The van der Waals surface area contributed by atoms with Gasteiger partial charge < -0.3 is 43.9 Å². The highest BCUT2D eigenvalue weighted by molar-refractivity contribution is 6.39. The standard InChI is InChI=1S/C43H71NO12/c1-10-30-18-24(2)17-25(3)19-36(53-8)39-37(54-9)21-27(5)43(51,56-39)40(48)41(49)44-16-12-11-13-31(44)42(50)55-38(28(6)33(46)23-34(30)47)26(4)20-29-14-15-32(45)35(22-29)52-7/h18,24-29,31-33,35-39,45-46,51H,10-17,19-23H2,1-9H3/b30-18+/t24?,25-,26?,27+,28+,29?,31-,32+,33-,35+,36-,37-,38+,39+,43+/m0/s1. The molecule has 13 nitrogen and oxygen atoms in total. The minimum absolute atomic E-state index is 0.00258. The van der Waals surface area contributed by atoms with E-state index in [0.717, 1.165) is 6.42 Å². The maximum Gasteiger partial charge on any atom is 0.329 e. The van der Waals surface area contributed by atoms with Gasteiger partial charge in [0.05, 0.1) is 30.5 Å². The summed E-state index contributed by atoms with van der Waals surface area (Å²) in [5.74, 6) is -7.04. The Bertz CT molecular complexity index is 1370. The van der Waals surface area contributed by atoms with E-state index in [1.165, 1.54) is 19.1 Å². The minimum Gasteiger partial charge on any atom is -0.460 e. The molecule has 13 heteroatoms. The molecular weight excluding hydrogens is 722 g/mol. The quantitative estimate of drug-likeness (QED) is 0.242. The van der Waals surface area contributed by atoms with Crippen molar-refractivity contribution >= 4 is 23.4 Å². The van der Waals surface area contributed by atoms with E-state index in [1.807, 2.05) is 26.8 Å². The van der Waals surface area contributed by atoms with Gasteiger partial charge in [-0.2, -0.15) is 0 Å². The Kier molecular flexibility index (Phi) is 17.1. The molecule has 1 saturated carbocycles. The number of Topliss-reactive ketones (excluding diaryl/α,β-unsaturated/α-hetero) is 2. The normalized spacial score (nSPS) is 41.8. The lowest BCUT2D eigenvalue weighted by Gasteiger charge is -2.47. The van der Waals surface area contributed by atoms with Gasteiger partial charge in [0.25, 0.3) is 11.7 Å². The summed E-state index contributed by atoms with van der Waals surface area (Å²) in [4.78, 5) is 57.7. The fraction of sp³-hybridized carbons (Fsp3) is 0.860. The molecule has 3 aliphatic heterocycles. The molecule has 320 valence electrons. The third-order valence-corrected chi connectivity index (χ3v) is 13.3. The number of nitrogens with zero attached hydrogens (tertiary/aromatic N) is 1. The van der Waals surface area contributed by atoms with Gasteiger partial charge in [0.1, 0.15) is 18.2 Å². The zero-order valence-electron chi connectivity index (χ0n) is 35.3. The van der Waals surface area contributed by atoms with E-state index in [9.17, 15) is 34.5 Å². The lowest BCUT2D eigenvalue weighted by molar-refractivity contribution is -0.302. The molecule has 3 fully saturated rings. The van der Waals surface area contributed by atoms with Gasteiger partial charge in [-0.05, 0) is 99.9 Å². The number of allylic oxidation sites excluding steroid dienone is 2. The van der Waals surface area contributed by atoms with Crippen LogP contribution in [-0.4, -0.2) is 126 Å². The summed E-state index contributed by atoms with van der Waals surface area (Å²) in [5.41, 5.74) is 0.627. The van der Waals surface area contributed by atoms with Crippen LogP contribution in [0.2, 0.25) is 0 Å². The molecule has 0 aromatic rings. The van der Waals surface area contributed by atoms with Crippen LogP contribution < -0.4 is 0 Å². The molecule has 2 bridgehead atoms. The number of methoxy groups -OCH3 is 3. The number of carbonyl (C=O) groups excluding carboxylic acids is 4. The SMILES string of the molecule is CC/C1=C\C(C)C[C@H](C)C[C@H](OC)[C@H]2O[C@@](O)(C(=O)C(=O)N3CCCC[C@H]3C(=O)O[C@H](C(C)CC3CC[C@@H](O)[C@H](OC)C3)[C@H](C)[C@@H](O)CC1=O)[C@H](C)C[C@@H]2OC. The molecule has 3 N–H and O–H groups in total. The van der Waals surface area contributed by atoms with E-state index in [2.05, 4.69) is 6.92 Å². The van der Waals surface area contributed by atoms with Crippen molar-refractivity contribution < 1.29 is 58.2 Å². The molecular formula is C43H71NO12. The number of aliphatic hydroxyl groups is 3. The van der Waals surface area contributed by atoms with Crippen LogP contribution in [0, 0.1) is 35.5 Å². The van der Waals surface area contributed by atoms with Crippen LogP contribution in [0.5, 0.6) is 0 Å². The molecule has 3 heterocycles. The zero-order valence-corrected chi connectivity index (χ0v) is 35.3. The smallest absolute Gasteiger partial charge is 0.329 e. The molecule has 2 saturated heterocycles. The van der Waals surface area contributed by atoms with Gasteiger partial charge in [0.2, 0.25) is 5.79 Å². The number of rotatable bonds is 7. The van der Waals surface area contributed by atoms with Crippen molar-refractivity contribution in [3.05, 3.63) is 11.6 Å². The number of fused-ring (bicyclic) bond motifs is 3. The summed E-state index contributed by atoms with van der Waals surface area (Å²) in [6.45, 7) is 11.5. The largest absolute Gasteiger partial charge is 0.460 e. The predicted octanol–water partition coefficient (Wildman–Crippen LogP) is 4.55. The first-order chi connectivity index (χ1) is 26.5. The first-order valence-electron chi connectivity index (χ1n) is 21.1. The number of hydrogen-bond donors (Lipinski definition) is 3. The van der Waals surface area contributed by atoms with Gasteiger partial charge in [-0.3, -0.25) is 14.4 Å². The highest BCUT2D eigenvalue weighted by atomic mass is 16.7. The molecule has 1 amide bonds. The van der Waals surface area contributed by atoms with E-state index in [1.54, 1.807) is 21.0 Å². The lowest BCUT2D eigenvalue weighted by Crippen LogP contribution is -2.64. The summed E-state index contributed by atoms with van der Waals surface area (Å²) in [6, 6.07) is -1.11. The monoisotopic (exact) mass is 793 g/mol. The Labute approximate surface area is 334 Å². The Balaban J connectivity index is 1.73. The number of piperidine rings is 1. The summed E-state index contributed by atoms with van der Waals surface area (Å²) in [7, 11) is 4.66. The van der Waals surface area contributed by atoms with Crippen molar-refractivity contribution in [1.29, 1.82) is 0 Å². The number of ketones is 2. The third kappa shape index (κ3) is 10.9. The Morgan fingerprint density at radius 1 is 0.875 bits per heavy atom. The molecule has 1 aliphatic carbocycles. The number of ether oxygens (including phenoxy) is 5. The molecule has 56 heavy (non-hydrogen) atoms. The Hall–Kier alpha value is -2.26. The van der Waals surface area contributed by atoms with Gasteiger partial charge in [-0.1, -0.05) is 47.6 Å². The van der Waals surface area contributed by atoms with E-state index < -0.39 is 77.9 Å². The zero-order chi connectivity index (χ0) is 41.5. The maximum atomic E-state index is 14.3. The molecule has 4 aliphatic rings. The summed E-state index contributed by atoms with van der Waals surface area (Å²) < 4.78 is 29.9. The molecule has 3 unspecified atom stereocenters. The number of hydrogen-bond acceptors (Lipinski definition) is 12. The van der Waals surface area contributed by atoms with Crippen LogP contribution in [0.25, 0.3) is 0 Å². The van der Waals surface area contributed by atoms with E-state index in [4.69, 9.17) is 23.7 Å². The van der Waals surface area contributed by atoms with Gasteiger partial charge >= 0.3 is 5.97 Å². The van der Waals surface area contributed by atoms with Crippen molar-refractivity contribution in [3.8, 4) is 0 Å². The first kappa shape index (κ1) is 46.4. The second-order valence-corrected chi connectivity index (χ2v) is 17.6. The fourth-order valence-corrected chi connectivity index (χ4v) is 9.88. The average Bonchev–Trinajstić information content (AvgIpc) is 3.18. The highest BCUT2D eigenvalue weighted by Crippen LogP contribution is 2.40. The molecule has 4 rings (SSSR count). The van der Waals surface area contributed by atoms with Crippen LogP contribution in [-0.2, 0) is 42.9 Å². The number of esters is 1. The van der Waals surface area contributed by atoms with Crippen LogP contribution >= 0.6 is 0 Å². The predicted molar refractivity (Wildman–Crippen MR) is 208 cm³/mol. The molecule has 0 radical (unpaired) electrons. The molecule has 0 spiro atoms. The summed E-state index contributed by atoms with van der Waals surface area (Å²) >= 11 is 0. The van der Waals surface area contributed by atoms with Crippen LogP contribution in [0.3, 0.4) is 0 Å². The number of aliphatic hydroxyl groups excluding tert-OH is 2. The van der Waals surface area contributed by atoms with Crippen molar-refractivity contribution in [2.45, 2.75) is 173 Å². The van der Waals surface area contributed by atoms with Crippen molar-refractivity contribution in [2.75, 3.05) is 27.9 Å². The fourth-order valence-electron chi connectivity index (χ4n) is 9.88. The minimum atomic E-state index is -2.49. The lowest BCUT2D eigenvalue weighted by atomic mass is 9.76. The van der Waals surface area contributed by atoms with Gasteiger partial charge in [0.15, 0.2) is 5.78 Å². The van der Waals surface area contributed by atoms with E-state index >= 15 is 0 Å². The topological polar surface area (TPSA) is 178 Å². The Morgan fingerprint density at radius 3 is 2.18 bits per heavy atom. The average molecular weight is 794 g/mol. The second-order valence-electron chi connectivity index (χ2n) is 17.6. The molecule has 0 aromatic heterocycles. The van der Waals surface area contributed by atoms with Crippen molar-refractivity contribution in [1.82, 2.24) is 4.90 Å². The number of cyclic esters (lactones) is 1. The van der Waals surface area contributed by atoms with Gasteiger partial charge in [0, 0.05) is 46.1 Å². The maximum absolute atomic E-state index is 14.3. The number of carbonyl (C=O) groups is 4. The van der Waals surface area contributed by atoms with E-state index in [0.29, 0.717) is 56.9 Å². The van der Waals surface area contributed by atoms with E-state index in [-0.39, 0.29) is 61.4 Å². The molecule has 15 atom stereocenters.